The summed E-state index contributed by atoms with van der Waals surface area (Å²) in [6, 6.07) is 7.27. The van der Waals surface area contributed by atoms with Gasteiger partial charge in [-0.3, -0.25) is 4.79 Å². The second-order valence-corrected chi connectivity index (χ2v) is 5.31. The van der Waals surface area contributed by atoms with Gasteiger partial charge in [0.25, 0.3) is 5.91 Å². The summed E-state index contributed by atoms with van der Waals surface area (Å²) in [7, 11) is 0. The van der Waals surface area contributed by atoms with Crippen molar-refractivity contribution in [3.63, 3.8) is 0 Å². The number of hydrogen-bond donors (Lipinski definition) is 1. The largest absolute Gasteiger partial charge is 0.351 e. The molecule has 3 aromatic rings. The van der Waals surface area contributed by atoms with Crippen LogP contribution < -0.4 is 5.32 Å². The number of nitrogens with one attached hydrogen (secondary N) is 1. The maximum atomic E-state index is 11.7. The van der Waals surface area contributed by atoms with Crippen LogP contribution in [0.15, 0.2) is 40.4 Å². The summed E-state index contributed by atoms with van der Waals surface area (Å²) < 4.78 is 5.94. The van der Waals surface area contributed by atoms with Gasteiger partial charge in [-0.05, 0) is 34.5 Å². The predicted octanol–water partition coefficient (Wildman–Crippen LogP) is 3.47. The summed E-state index contributed by atoms with van der Waals surface area (Å²) in [4.78, 5) is 11.7. The van der Waals surface area contributed by atoms with Gasteiger partial charge < -0.3 is 9.84 Å². The highest BCUT2D eigenvalue weighted by Gasteiger charge is 2.11. The van der Waals surface area contributed by atoms with Gasteiger partial charge in [0.2, 0.25) is 5.76 Å². The third kappa shape index (κ3) is 2.47. The topological polar surface area (TPSA) is 55.1 Å². The van der Waals surface area contributed by atoms with E-state index in [1.165, 1.54) is 12.3 Å². The Morgan fingerprint density at radius 1 is 1.42 bits per heavy atom. The molecule has 0 saturated carbocycles. The minimum Gasteiger partial charge on any atom is -0.351 e. The third-order valence-corrected chi connectivity index (χ3v) is 3.96. The number of thiophene rings is 1. The van der Waals surface area contributed by atoms with Crippen LogP contribution >= 0.6 is 22.9 Å². The zero-order valence-electron chi connectivity index (χ0n) is 9.72. The number of nitrogens with zero attached hydrogens (tertiary/aromatic N) is 1. The first-order chi connectivity index (χ1) is 9.24. The molecule has 0 aliphatic heterocycles. The first-order valence-corrected chi connectivity index (χ1v) is 6.84. The van der Waals surface area contributed by atoms with Gasteiger partial charge in [0.15, 0.2) is 0 Å². The Hall–Kier alpha value is -1.85. The van der Waals surface area contributed by atoms with E-state index in [1.54, 1.807) is 11.3 Å². The molecule has 0 saturated heterocycles. The quantitative estimate of drug-likeness (QED) is 0.804. The molecular weight excluding hydrogens is 284 g/mol. The standard InChI is InChI=1S/C13H9ClN2O2S/c14-9-1-2-12-10(5-9)8(7-19-12)6-15-13(17)11-3-4-16-18-11/h1-5,7H,6H2,(H,15,17). The van der Waals surface area contributed by atoms with Crippen molar-refractivity contribution in [2.24, 2.45) is 0 Å². The number of carbonyl (C=O) groups is 1. The average Bonchev–Trinajstić information content (AvgIpc) is 3.05. The summed E-state index contributed by atoms with van der Waals surface area (Å²) in [6.07, 6.45) is 1.44. The lowest BCUT2D eigenvalue weighted by Gasteiger charge is -2.02. The number of hydrogen-bond acceptors (Lipinski definition) is 4. The Morgan fingerprint density at radius 2 is 2.32 bits per heavy atom. The van der Waals surface area contributed by atoms with Gasteiger partial charge in [0, 0.05) is 22.3 Å². The molecule has 19 heavy (non-hydrogen) atoms. The lowest BCUT2D eigenvalue weighted by molar-refractivity contribution is 0.0914. The lowest BCUT2D eigenvalue weighted by atomic mass is 10.2. The molecule has 96 valence electrons. The van der Waals surface area contributed by atoms with Crippen LogP contribution in [0, 0.1) is 0 Å². The molecule has 3 rings (SSSR count). The van der Waals surface area contributed by atoms with Gasteiger partial charge >= 0.3 is 0 Å². The van der Waals surface area contributed by atoms with Gasteiger partial charge in [-0.1, -0.05) is 16.8 Å². The third-order valence-electron chi connectivity index (χ3n) is 2.72. The van der Waals surface area contributed by atoms with E-state index in [0.29, 0.717) is 11.6 Å². The Labute approximate surface area is 118 Å². The predicted molar refractivity (Wildman–Crippen MR) is 74.5 cm³/mol. The zero-order valence-corrected chi connectivity index (χ0v) is 11.3. The van der Waals surface area contributed by atoms with Gasteiger partial charge in [0.05, 0.1) is 6.20 Å². The SMILES string of the molecule is O=C(NCc1csc2ccc(Cl)cc12)c1ccno1. The number of rotatable bonds is 3. The van der Waals surface area contributed by atoms with Crippen LogP contribution in [0.5, 0.6) is 0 Å². The molecule has 1 amide bonds. The summed E-state index contributed by atoms with van der Waals surface area (Å²) in [5.41, 5.74) is 1.04. The van der Waals surface area contributed by atoms with Crippen LogP contribution in [0.2, 0.25) is 5.02 Å². The number of halogens is 1. The van der Waals surface area contributed by atoms with Crippen molar-refractivity contribution in [1.82, 2.24) is 10.5 Å². The Balaban J connectivity index is 1.79. The molecule has 0 radical (unpaired) electrons. The maximum Gasteiger partial charge on any atom is 0.290 e. The normalized spacial score (nSPS) is 10.8. The Kier molecular flexibility index (Phi) is 3.23. The minimum absolute atomic E-state index is 0.206. The van der Waals surface area contributed by atoms with Crippen LogP contribution in [0.25, 0.3) is 10.1 Å². The number of aromatic nitrogens is 1. The summed E-state index contributed by atoms with van der Waals surface area (Å²) in [5.74, 6) is -0.0727. The minimum atomic E-state index is -0.279. The molecule has 0 spiro atoms. The first-order valence-electron chi connectivity index (χ1n) is 5.58. The molecular formula is C13H9ClN2O2S. The number of amides is 1. The Morgan fingerprint density at radius 3 is 3.11 bits per heavy atom. The monoisotopic (exact) mass is 292 g/mol. The van der Waals surface area contributed by atoms with Crippen molar-refractivity contribution in [1.29, 1.82) is 0 Å². The average molecular weight is 293 g/mol. The maximum absolute atomic E-state index is 11.7. The highest BCUT2D eigenvalue weighted by Crippen LogP contribution is 2.28. The van der Waals surface area contributed by atoms with Crippen LogP contribution in [0.1, 0.15) is 16.1 Å². The molecule has 0 unspecified atom stereocenters. The van der Waals surface area contributed by atoms with E-state index in [9.17, 15) is 4.79 Å². The van der Waals surface area contributed by atoms with Crippen molar-refractivity contribution < 1.29 is 9.32 Å². The van der Waals surface area contributed by atoms with E-state index in [0.717, 1.165) is 15.6 Å². The molecule has 2 aromatic heterocycles. The van der Waals surface area contributed by atoms with Crippen molar-refractivity contribution in [2.45, 2.75) is 6.54 Å². The number of benzene rings is 1. The summed E-state index contributed by atoms with van der Waals surface area (Å²) in [5, 5.41) is 10.1. The molecule has 0 bridgehead atoms. The molecule has 0 atom stereocenters. The first kappa shape index (κ1) is 12.2. The zero-order chi connectivity index (χ0) is 13.2. The van der Waals surface area contributed by atoms with Crippen molar-refractivity contribution in [3.8, 4) is 0 Å². The summed E-state index contributed by atoms with van der Waals surface area (Å²) >= 11 is 7.61. The van der Waals surface area contributed by atoms with Gasteiger partial charge in [-0.15, -0.1) is 11.3 Å². The summed E-state index contributed by atoms with van der Waals surface area (Å²) in [6.45, 7) is 0.430. The van der Waals surface area contributed by atoms with E-state index in [4.69, 9.17) is 16.1 Å². The molecule has 0 aliphatic rings. The molecule has 0 aliphatic carbocycles. The van der Waals surface area contributed by atoms with Crippen LogP contribution in [0.4, 0.5) is 0 Å². The fourth-order valence-corrected chi connectivity index (χ4v) is 2.90. The second kappa shape index (κ2) is 5.03. The lowest BCUT2D eigenvalue weighted by Crippen LogP contribution is -2.22. The second-order valence-electron chi connectivity index (χ2n) is 3.96. The van der Waals surface area contributed by atoms with E-state index in [1.807, 2.05) is 23.6 Å². The van der Waals surface area contributed by atoms with E-state index < -0.39 is 0 Å². The van der Waals surface area contributed by atoms with Gasteiger partial charge in [-0.25, -0.2) is 0 Å². The van der Waals surface area contributed by atoms with Crippen molar-refractivity contribution in [3.05, 3.63) is 52.2 Å². The van der Waals surface area contributed by atoms with Gasteiger partial charge in [-0.2, -0.15) is 0 Å². The van der Waals surface area contributed by atoms with Crippen LogP contribution in [-0.2, 0) is 6.54 Å². The number of fused-ring (bicyclic) bond motifs is 1. The molecule has 4 nitrogen and oxygen atoms in total. The fourth-order valence-electron chi connectivity index (χ4n) is 1.79. The smallest absolute Gasteiger partial charge is 0.290 e. The molecule has 1 N–H and O–H groups in total. The molecule has 2 heterocycles. The van der Waals surface area contributed by atoms with Crippen molar-refractivity contribution >= 4 is 38.9 Å². The highest BCUT2D eigenvalue weighted by atomic mass is 35.5. The van der Waals surface area contributed by atoms with Crippen LogP contribution in [0.3, 0.4) is 0 Å². The van der Waals surface area contributed by atoms with Crippen LogP contribution in [-0.4, -0.2) is 11.1 Å². The highest BCUT2D eigenvalue weighted by molar-refractivity contribution is 7.17. The molecule has 0 fully saturated rings. The van der Waals surface area contributed by atoms with E-state index >= 15 is 0 Å². The molecule has 1 aromatic carbocycles. The Bertz CT molecular complexity index is 721. The van der Waals surface area contributed by atoms with E-state index in [2.05, 4.69) is 10.5 Å². The molecule has 6 heteroatoms. The van der Waals surface area contributed by atoms with Gasteiger partial charge in [0.1, 0.15) is 0 Å². The number of carbonyl (C=O) groups excluding carboxylic acids is 1. The fraction of sp³-hybridized carbons (Fsp3) is 0.0769. The van der Waals surface area contributed by atoms with Crippen molar-refractivity contribution in [2.75, 3.05) is 0 Å². The van der Waals surface area contributed by atoms with E-state index in [-0.39, 0.29) is 11.7 Å².